The van der Waals surface area contributed by atoms with Crippen LogP contribution >= 0.6 is 11.8 Å². The molecule has 0 saturated carbocycles. The van der Waals surface area contributed by atoms with Crippen LogP contribution in [-0.2, 0) is 18.0 Å². The number of alkyl halides is 3. The third-order valence-corrected chi connectivity index (χ3v) is 5.39. The molecule has 13 heteroatoms. The van der Waals surface area contributed by atoms with Crippen LogP contribution in [0.4, 0.5) is 18.9 Å². The van der Waals surface area contributed by atoms with E-state index in [2.05, 4.69) is 30.6 Å². The molecule has 0 radical (unpaired) electrons. The van der Waals surface area contributed by atoms with E-state index in [0.717, 1.165) is 29.5 Å². The molecule has 3 heterocycles. The summed E-state index contributed by atoms with van der Waals surface area (Å²) in [6, 6.07) is 6.57. The van der Waals surface area contributed by atoms with Gasteiger partial charge in [0.1, 0.15) is 12.7 Å². The fourth-order valence-electron chi connectivity index (χ4n) is 2.85. The molecule has 164 valence electrons. The molecule has 0 aliphatic heterocycles. The Labute approximate surface area is 183 Å². The van der Waals surface area contributed by atoms with Crippen molar-refractivity contribution in [1.29, 1.82) is 0 Å². The van der Waals surface area contributed by atoms with Crippen LogP contribution in [0.2, 0.25) is 0 Å². The Morgan fingerprint density at radius 1 is 1.12 bits per heavy atom. The second-order valence-corrected chi connectivity index (χ2v) is 7.45. The van der Waals surface area contributed by atoms with Crippen molar-refractivity contribution >= 4 is 23.4 Å². The highest BCUT2D eigenvalue weighted by Gasteiger charge is 2.31. The first kappa shape index (κ1) is 21.5. The fourth-order valence-corrected chi connectivity index (χ4v) is 3.57. The number of hydrogen-bond acceptors (Lipinski definition) is 7. The van der Waals surface area contributed by atoms with Gasteiger partial charge in [-0.05, 0) is 30.3 Å². The number of anilines is 1. The Balaban J connectivity index is 1.50. The number of nitrogens with zero attached hydrogens (tertiary/aromatic N) is 7. The van der Waals surface area contributed by atoms with Crippen LogP contribution < -0.4 is 5.32 Å². The Morgan fingerprint density at radius 2 is 1.91 bits per heavy atom. The van der Waals surface area contributed by atoms with E-state index in [-0.39, 0.29) is 17.1 Å². The van der Waals surface area contributed by atoms with Crippen molar-refractivity contribution in [3.63, 3.8) is 0 Å². The summed E-state index contributed by atoms with van der Waals surface area (Å²) in [5, 5.41) is 15.1. The van der Waals surface area contributed by atoms with Crippen LogP contribution in [-0.4, -0.2) is 46.2 Å². The number of aromatic nitrogens is 7. The van der Waals surface area contributed by atoms with E-state index >= 15 is 0 Å². The van der Waals surface area contributed by atoms with E-state index in [4.69, 9.17) is 0 Å². The van der Waals surface area contributed by atoms with Crippen LogP contribution in [0, 0.1) is 0 Å². The van der Waals surface area contributed by atoms with E-state index < -0.39 is 17.6 Å². The average Bonchev–Trinajstić information content (AvgIpc) is 3.42. The molecule has 0 aliphatic rings. The predicted molar refractivity (Wildman–Crippen MR) is 110 cm³/mol. The van der Waals surface area contributed by atoms with E-state index in [1.165, 1.54) is 23.4 Å². The van der Waals surface area contributed by atoms with E-state index in [1.807, 2.05) is 0 Å². The van der Waals surface area contributed by atoms with Crippen LogP contribution in [0.1, 0.15) is 5.56 Å². The number of carbonyl (C=O) groups is 1. The van der Waals surface area contributed by atoms with Crippen LogP contribution in [0.15, 0.2) is 60.5 Å². The lowest BCUT2D eigenvalue weighted by molar-refractivity contribution is -0.137. The summed E-state index contributed by atoms with van der Waals surface area (Å²) >= 11 is 1.11. The molecule has 4 aromatic rings. The number of halogens is 3. The van der Waals surface area contributed by atoms with Crippen molar-refractivity contribution in [2.24, 2.45) is 7.05 Å². The molecule has 0 atom stereocenters. The van der Waals surface area contributed by atoms with Gasteiger partial charge in [0, 0.05) is 25.0 Å². The molecule has 0 saturated heterocycles. The molecule has 0 unspecified atom stereocenters. The summed E-state index contributed by atoms with van der Waals surface area (Å²) < 4.78 is 42.5. The molecule has 3 aromatic heterocycles. The summed E-state index contributed by atoms with van der Waals surface area (Å²) in [5.74, 6) is 0.000774. The van der Waals surface area contributed by atoms with Crippen molar-refractivity contribution < 1.29 is 18.0 Å². The molecule has 0 bridgehead atoms. The SMILES string of the molecule is Cn1c(SCC(=O)Nc2cc(C(F)(F)F)ccc2-n2cncn2)nnc1-c1ccncc1. The first-order chi connectivity index (χ1) is 15.3. The summed E-state index contributed by atoms with van der Waals surface area (Å²) in [6.07, 6.45) is 1.27. The second kappa shape index (κ2) is 8.78. The topological polar surface area (TPSA) is 103 Å². The van der Waals surface area contributed by atoms with Gasteiger partial charge in [-0.25, -0.2) is 9.67 Å². The summed E-state index contributed by atoms with van der Waals surface area (Å²) in [5.41, 5.74) is 0.145. The summed E-state index contributed by atoms with van der Waals surface area (Å²) in [6.45, 7) is 0. The van der Waals surface area contributed by atoms with E-state index in [1.54, 1.807) is 36.1 Å². The maximum absolute atomic E-state index is 13.2. The van der Waals surface area contributed by atoms with Gasteiger partial charge in [0.25, 0.3) is 0 Å². The minimum atomic E-state index is -4.56. The van der Waals surface area contributed by atoms with Gasteiger partial charge >= 0.3 is 6.18 Å². The zero-order chi connectivity index (χ0) is 22.7. The van der Waals surface area contributed by atoms with Gasteiger partial charge in [-0.2, -0.15) is 18.3 Å². The molecule has 1 aromatic carbocycles. The lowest BCUT2D eigenvalue weighted by Crippen LogP contribution is -2.17. The highest BCUT2D eigenvalue weighted by molar-refractivity contribution is 7.99. The Morgan fingerprint density at radius 3 is 2.59 bits per heavy atom. The first-order valence-electron chi connectivity index (χ1n) is 9.11. The van der Waals surface area contributed by atoms with Crippen LogP contribution in [0.5, 0.6) is 0 Å². The number of benzene rings is 1. The van der Waals surface area contributed by atoms with Gasteiger partial charge in [-0.15, -0.1) is 10.2 Å². The molecule has 0 aliphatic carbocycles. The lowest BCUT2D eigenvalue weighted by Gasteiger charge is -2.14. The maximum Gasteiger partial charge on any atom is 0.416 e. The van der Waals surface area contributed by atoms with Gasteiger partial charge in [-0.3, -0.25) is 9.78 Å². The first-order valence-corrected chi connectivity index (χ1v) is 10.1. The molecule has 32 heavy (non-hydrogen) atoms. The highest BCUT2D eigenvalue weighted by Crippen LogP contribution is 2.33. The largest absolute Gasteiger partial charge is 0.416 e. The number of rotatable bonds is 6. The zero-order valence-electron chi connectivity index (χ0n) is 16.5. The standard InChI is InChI=1S/C19H15F3N8OS/c1-29-17(12-4-6-23-7-5-12)27-28-18(29)32-9-16(31)26-14-8-13(19(20,21)22)2-3-15(14)30-11-24-10-25-30/h2-8,10-11H,9H2,1H3,(H,26,31). The number of thioether (sulfide) groups is 1. The Bertz CT molecular complexity index is 1230. The molecule has 1 N–H and O–H groups in total. The van der Waals surface area contributed by atoms with Crippen LogP contribution in [0.3, 0.4) is 0 Å². The van der Waals surface area contributed by atoms with E-state index in [9.17, 15) is 18.0 Å². The molecule has 0 spiro atoms. The maximum atomic E-state index is 13.2. The predicted octanol–water partition coefficient (Wildman–Crippen LogP) is 3.21. The Kier molecular flexibility index (Phi) is 5.90. The summed E-state index contributed by atoms with van der Waals surface area (Å²) in [4.78, 5) is 20.3. The normalized spacial score (nSPS) is 11.5. The number of pyridine rings is 1. The quantitative estimate of drug-likeness (QED) is 0.441. The van der Waals surface area contributed by atoms with Crippen molar-refractivity contribution in [1.82, 2.24) is 34.5 Å². The molecule has 4 rings (SSSR count). The third kappa shape index (κ3) is 4.61. The average molecular weight is 460 g/mol. The summed E-state index contributed by atoms with van der Waals surface area (Å²) in [7, 11) is 1.76. The number of carbonyl (C=O) groups excluding carboxylic acids is 1. The number of hydrogen-bond donors (Lipinski definition) is 1. The smallest absolute Gasteiger partial charge is 0.323 e. The molecular formula is C19H15F3N8OS. The van der Waals surface area contributed by atoms with Crippen LogP contribution in [0.25, 0.3) is 17.1 Å². The second-order valence-electron chi connectivity index (χ2n) is 6.51. The van der Waals surface area contributed by atoms with Gasteiger partial charge < -0.3 is 9.88 Å². The van der Waals surface area contributed by atoms with Crippen molar-refractivity contribution in [2.75, 3.05) is 11.1 Å². The molecule has 1 amide bonds. The minimum absolute atomic E-state index is 0.0358. The van der Waals surface area contributed by atoms with Crippen molar-refractivity contribution in [2.45, 2.75) is 11.3 Å². The van der Waals surface area contributed by atoms with Crippen molar-refractivity contribution in [3.8, 4) is 17.1 Å². The third-order valence-electron chi connectivity index (χ3n) is 4.37. The van der Waals surface area contributed by atoms with Gasteiger partial charge in [0.15, 0.2) is 11.0 Å². The fraction of sp³-hybridized carbons (Fsp3) is 0.158. The minimum Gasteiger partial charge on any atom is -0.323 e. The Hall–Kier alpha value is -3.74. The number of nitrogens with one attached hydrogen (secondary N) is 1. The van der Waals surface area contributed by atoms with Gasteiger partial charge in [-0.1, -0.05) is 11.8 Å². The van der Waals surface area contributed by atoms with Crippen molar-refractivity contribution in [3.05, 3.63) is 60.9 Å². The zero-order valence-corrected chi connectivity index (χ0v) is 17.3. The van der Waals surface area contributed by atoms with Gasteiger partial charge in [0.05, 0.1) is 22.7 Å². The number of amides is 1. The molecule has 9 nitrogen and oxygen atoms in total. The lowest BCUT2D eigenvalue weighted by atomic mass is 10.1. The molecule has 0 fully saturated rings. The highest BCUT2D eigenvalue weighted by atomic mass is 32.2. The monoisotopic (exact) mass is 460 g/mol. The van der Waals surface area contributed by atoms with Gasteiger partial charge in [0.2, 0.25) is 5.91 Å². The van der Waals surface area contributed by atoms with E-state index in [0.29, 0.717) is 11.0 Å². The molecular weight excluding hydrogens is 445 g/mol.